The maximum atomic E-state index is 12.1. The summed E-state index contributed by atoms with van der Waals surface area (Å²) < 4.78 is 40.1. The van der Waals surface area contributed by atoms with Gasteiger partial charge >= 0.3 is 6.36 Å². The second-order valence-electron chi connectivity index (χ2n) is 5.14. The second kappa shape index (κ2) is 6.24. The van der Waals surface area contributed by atoms with Crippen molar-refractivity contribution < 1.29 is 22.7 Å². The Balaban J connectivity index is 1.90. The first kappa shape index (κ1) is 15.5. The molecule has 0 bridgehead atoms. The molecule has 4 nitrogen and oxygen atoms in total. The number of amides is 1. The number of hydrogen-bond acceptors (Lipinski definition) is 3. The summed E-state index contributed by atoms with van der Waals surface area (Å²) in [5.74, 6) is -0.175. The van der Waals surface area contributed by atoms with Crippen LogP contribution >= 0.6 is 0 Å². The van der Waals surface area contributed by atoms with Gasteiger partial charge in [-0.15, -0.1) is 13.2 Å². The molecule has 1 aromatic carbocycles. The Bertz CT molecular complexity index is 513. The lowest BCUT2D eigenvalue weighted by atomic mass is 9.83. The molecule has 21 heavy (non-hydrogen) atoms. The lowest BCUT2D eigenvalue weighted by Gasteiger charge is -2.25. The first-order valence-corrected chi connectivity index (χ1v) is 6.78. The Kier molecular flexibility index (Phi) is 4.59. The number of carbonyl (C=O) groups excluding carboxylic acids is 1. The third-order valence-corrected chi connectivity index (χ3v) is 3.56. The van der Waals surface area contributed by atoms with Crippen molar-refractivity contribution in [1.29, 1.82) is 0 Å². The van der Waals surface area contributed by atoms with Crippen molar-refractivity contribution in [3.8, 4) is 5.75 Å². The molecule has 1 saturated carbocycles. The monoisotopic (exact) mass is 302 g/mol. The molecule has 0 aliphatic heterocycles. The van der Waals surface area contributed by atoms with E-state index in [1.165, 1.54) is 31.4 Å². The molecule has 3 N–H and O–H groups in total. The van der Waals surface area contributed by atoms with Crippen molar-refractivity contribution in [2.24, 2.45) is 5.92 Å². The summed E-state index contributed by atoms with van der Waals surface area (Å²) >= 11 is 0. The van der Waals surface area contributed by atoms with E-state index >= 15 is 0 Å². The number of carbonyl (C=O) groups is 1. The summed E-state index contributed by atoms with van der Waals surface area (Å²) in [7, 11) is 0. The van der Waals surface area contributed by atoms with E-state index in [0.29, 0.717) is 12.5 Å². The summed E-state index contributed by atoms with van der Waals surface area (Å²) in [6.07, 6.45) is -0.231. The van der Waals surface area contributed by atoms with Gasteiger partial charge in [0, 0.05) is 12.1 Å². The molecule has 0 unspecified atom stereocenters. The van der Waals surface area contributed by atoms with Crippen LogP contribution in [0, 0.1) is 5.92 Å². The van der Waals surface area contributed by atoms with Crippen LogP contribution in [0.15, 0.2) is 18.2 Å². The molecule has 7 heteroatoms. The molecule has 1 aliphatic rings. The van der Waals surface area contributed by atoms with Crippen molar-refractivity contribution in [3.63, 3.8) is 0 Å². The summed E-state index contributed by atoms with van der Waals surface area (Å²) in [5.41, 5.74) is 5.46. The van der Waals surface area contributed by atoms with Crippen LogP contribution in [-0.4, -0.2) is 18.8 Å². The Labute approximate surface area is 120 Å². The number of nitrogens with one attached hydrogen (secondary N) is 1. The van der Waals surface area contributed by atoms with Crippen LogP contribution in [0.1, 0.15) is 36.0 Å². The Morgan fingerprint density at radius 3 is 2.62 bits per heavy atom. The van der Waals surface area contributed by atoms with E-state index in [9.17, 15) is 18.0 Å². The van der Waals surface area contributed by atoms with E-state index in [1.807, 2.05) is 0 Å². The molecule has 0 spiro atoms. The molecule has 1 aliphatic carbocycles. The molecule has 0 atom stereocenters. The standard InChI is InChI=1S/C14H17F3N2O2/c15-14(16,17)21-12-5-4-10(8-11(12)18)13(20)19-7-6-9-2-1-3-9/h4-5,8-9H,1-3,6-7,18H2,(H,19,20). The summed E-state index contributed by atoms with van der Waals surface area (Å²) in [5, 5.41) is 2.74. The number of rotatable bonds is 5. The molecule has 1 amide bonds. The predicted molar refractivity (Wildman–Crippen MR) is 71.8 cm³/mol. The van der Waals surface area contributed by atoms with Crippen LogP contribution in [0.5, 0.6) is 5.75 Å². The van der Waals surface area contributed by atoms with Crippen LogP contribution in [0.25, 0.3) is 0 Å². The van der Waals surface area contributed by atoms with Crippen molar-refractivity contribution >= 4 is 11.6 Å². The highest BCUT2D eigenvalue weighted by molar-refractivity contribution is 5.95. The highest BCUT2D eigenvalue weighted by atomic mass is 19.4. The Morgan fingerprint density at radius 2 is 2.10 bits per heavy atom. The number of ether oxygens (including phenoxy) is 1. The predicted octanol–water partition coefficient (Wildman–Crippen LogP) is 3.09. The van der Waals surface area contributed by atoms with Gasteiger partial charge in [-0.1, -0.05) is 19.3 Å². The largest absolute Gasteiger partial charge is 0.573 e. The fraction of sp³-hybridized carbons (Fsp3) is 0.500. The SMILES string of the molecule is Nc1cc(C(=O)NCCC2CCC2)ccc1OC(F)(F)F. The first-order chi connectivity index (χ1) is 9.85. The van der Waals surface area contributed by atoms with Gasteiger partial charge in [0.05, 0.1) is 5.69 Å². The van der Waals surface area contributed by atoms with Crippen LogP contribution in [-0.2, 0) is 0 Å². The van der Waals surface area contributed by atoms with Crippen LogP contribution in [0.4, 0.5) is 18.9 Å². The minimum absolute atomic E-state index is 0.218. The average molecular weight is 302 g/mol. The maximum absolute atomic E-state index is 12.1. The van der Waals surface area contributed by atoms with Gasteiger partial charge in [-0.05, 0) is 30.5 Å². The molecule has 0 aromatic heterocycles. The van der Waals surface area contributed by atoms with E-state index in [0.717, 1.165) is 12.5 Å². The molecule has 2 rings (SSSR count). The Morgan fingerprint density at radius 1 is 1.38 bits per heavy atom. The molecular weight excluding hydrogens is 285 g/mol. The van der Waals surface area contributed by atoms with E-state index < -0.39 is 12.1 Å². The first-order valence-electron chi connectivity index (χ1n) is 6.78. The lowest BCUT2D eigenvalue weighted by Crippen LogP contribution is -2.27. The third-order valence-electron chi connectivity index (χ3n) is 3.56. The van der Waals surface area contributed by atoms with Crippen LogP contribution in [0.2, 0.25) is 0 Å². The molecular formula is C14H17F3N2O2. The minimum atomic E-state index is -4.80. The lowest BCUT2D eigenvalue weighted by molar-refractivity contribution is -0.274. The van der Waals surface area contributed by atoms with E-state index in [1.54, 1.807) is 0 Å². The number of anilines is 1. The van der Waals surface area contributed by atoms with Crippen LogP contribution in [0.3, 0.4) is 0 Å². The Hall–Kier alpha value is -1.92. The molecule has 0 heterocycles. The van der Waals surface area contributed by atoms with Gasteiger partial charge < -0.3 is 15.8 Å². The van der Waals surface area contributed by atoms with Gasteiger partial charge in [0.15, 0.2) is 5.75 Å². The van der Waals surface area contributed by atoms with Gasteiger partial charge in [-0.3, -0.25) is 4.79 Å². The van der Waals surface area contributed by atoms with Crippen molar-refractivity contribution in [2.45, 2.75) is 32.0 Å². The third kappa shape index (κ3) is 4.54. The quantitative estimate of drug-likeness (QED) is 0.822. The topological polar surface area (TPSA) is 64.4 Å². The minimum Gasteiger partial charge on any atom is -0.404 e. The summed E-state index contributed by atoms with van der Waals surface area (Å²) in [6, 6.07) is 3.49. The van der Waals surface area contributed by atoms with Crippen molar-refractivity contribution in [1.82, 2.24) is 5.32 Å². The second-order valence-corrected chi connectivity index (χ2v) is 5.14. The number of benzene rings is 1. The highest BCUT2D eigenvalue weighted by Gasteiger charge is 2.32. The number of halogens is 3. The van der Waals surface area contributed by atoms with Gasteiger partial charge in [-0.2, -0.15) is 0 Å². The smallest absolute Gasteiger partial charge is 0.404 e. The summed E-state index contributed by atoms with van der Waals surface area (Å²) in [4.78, 5) is 11.9. The van der Waals surface area contributed by atoms with Gasteiger partial charge in [-0.25, -0.2) is 0 Å². The molecule has 0 saturated heterocycles. The molecule has 1 fully saturated rings. The normalized spacial score (nSPS) is 15.4. The number of hydrogen-bond donors (Lipinski definition) is 2. The van der Waals surface area contributed by atoms with Crippen molar-refractivity contribution in [3.05, 3.63) is 23.8 Å². The zero-order valence-corrected chi connectivity index (χ0v) is 11.4. The van der Waals surface area contributed by atoms with E-state index in [2.05, 4.69) is 10.1 Å². The zero-order chi connectivity index (χ0) is 15.5. The van der Waals surface area contributed by atoms with Gasteiger partial charge in [0.2, 0.25) is 0 Å². The van der Waals surface area contributed by atoms with Crippen molar-refractivity contribution in [2.75, 3.05) is 12.3 Å². The summed E-state index contributed by atoms with van der Waals surface area (Å²) in [6.45, 7) is 0.560. The molecule has 116 valence electrons. The fourth-order valence-corrected chi connectivity index (χ4v) is 2.18. The van der Waals surface area contributed by atoms with Gasteiger partial charge in [0.1, 0.15) is 0 Å². The molecule has 0 radical (unpaired) electrons. The fourth-order valence-electron chi connectivity index (χ4n) is 2.18. The van der Waals surface area contributed by atoms with E-state index in [4.69, 9.17) is 5.73 Å². The van der Waals surface area contributed by atoms with Crippen LogP contribution < -0.4 is 15.8 Å². The highest BCUT2D eigenvalue weighted by Crippen LogP contribution is 2.30. The zero-order valence-electron chi connectivity index (χ0n) is 11.4. The average Bonchev–Trinajstić information content (AvgIpc) is 2.33. The maximum Gasteiger partial charge on any atom is 0.573 e. The number of nitrogens with two attached hydrogens (primary N) is 1. The number of alkyl halides is 3. The van der Waals surface area contributed by atoms with E-state index in [-0.39, 0.29) is 17.2 Å². The number of nitrogen functional groups attached to an aromatic ring is 1. The molecule has 1 aromatic rings. The van der Waals surface area contributed by atoms with Gasteiger partial charge in [0.25, 0.3) is 5.91 Å².